The van der Waals surface area contributed by atoms with Gasteiger partial charge in [-0.3, -0.25) is 0 Å². The van der Waals surface area contributed by atoms with Crippen LogP contribution in [0.1, 0.15) is 21.6 Å². The highest BCUT2D eigenvalue weighted by Gasteiger charge is 1.97. The number of hydrogen-bond acceptors (Lipinski definition) is 2. The maximum Gasteiger partial charge on any atom is 0.115 e. The molecule has 2 N–H and O–H groups in total. The number of benzene rings is 1. The summed E-state index contributed by atoms with van der Waals surface area (Å²) in [5, 5.41) is 18.2. The summed E-state index contributed by atoms with van der Waals surface area (Å²) in [6, 6.07) is 6.42. The van der Waals surface area contributed by atoms with Crippen LogP contribution in [0.2, 0.25) is 0 Å². The monoisotopic (exact) mass is 168 g/mol. The van der Waals surface area contributed by atoms with Crippen molar-refractivity contribution in [1.82, 2.24) is 0 Å². The summed E-state index contributed by atoms with van der Waals surface area (Å²) < 4.78 is 14.8. The van der Waals surface area contributed by atoms with Crippen LogP contribution < -0.4 is 0 Å². The Labute approximate surface area is 75.3 Å². The molecule has 0 fully saturated rings. The first-order valence-electron chi connectivity index (χ1n) is 4.90. The first kappa shape index (κ1) is 6.49. The Morgan fingerprint density at radius 1 is 1.50 bits per heavy atom. The SMILES string of the molecule is [2H][C@H](Cc1ccc(O)cc1)[C@]([2H])(C)O. The maximum absolute atomic E-state index is 9.23. The zero-order chi connectivity index (χ0) is 10.8. The van der Waals surface area contributed by atoms with Gasteiger partial charge < -0.3 is 10.2 Å². The van der Waals surface area contributed by atoms with E-state index in [1.807, 2.05) is 0 Å². The molecule has 0 unspecified atom stereocenters. The second kappa shape index (κ2) is 4.12. The van der Waals surface area contributed by atoms with E-state index in [9.17, 15) is 5.11 Å². The molecule has 0 aromatic heterocycles. The summed E-state index contributed by atoms with van der Waals surface area (Å²) in [7, 11) is 0. The van der Waals surface area contributed by atoms with Gasteiger partial charge in [0.15, 0.2) is 0 Å². The fraction of sp³-hybridized carbons (Fsp3) is 0.400. The molecule has 0 aliphatic heterocycles. The van der Waals surface area contributed by atoms with Gasteiger partial charge in [0.25, 0.3) is 0 Å². The molecule has 2 atom stereocenters. The van der Waals surface area contributed by atoms with Crippen LogP contribution in [0.4, 0.5) is 0 Å². The molecule has 0 aliphatic carbocycles. The van der Waals surface area contributed by atoms with Crippen LogP contribution >= 0.6 is 0 Å². The number of aliphatic hydroxyl groups is 1. The summed E-state index contributed by atoms with van der Waals surface area (Å²) >= 11 is 0. The Morgan fingerprint density at radius 2 is 2.08 bits per heavy atom. The Bertz CT molecular complexity index is 290. The van der Waals surface area contributed by atoms with E-state index in [1.54, 1.807) is 12.1 Å². The van der Waals surface area contributed by atoms with E-state index >= 15 is 0 Å². The molecule has 0 saturated heterocycles. The summed E-state index contributed by atoms with van der Waals surface area (Å²) in [6.45, 7) is 1.30. The lowest BCUT2D eigenvalue weighted by molar-refractivity contribution is 0.185. The standard InChI is InChI=1S/C10H14O2/c1-8(11)2-3-9-4-6-10(12)7-5-9/h4-8,11-12H,2-3H2,1H3/t8-/m0/s1/i2D,8D/t2-,8+/m1. The van der Waals surface area contributed by atoms with Crippen molar-refractivity contribution in [3.8, 4) is 5.75 Å². The van der Waals surface area contributed by atoms with Crippen LogP contribution in [0, 0.1) is 0 Å². The minimum absolute atomic E-state index is 0.174. The number of aromatic hydroxyl groups is 1. The van der Waals surface area contributed by atoms with Crippen molar-refractivity contribution < 1.29 is 13.0 Å². The Hall–Kier alpha value is -1.02. The lowest BCUT2D eigenvalue weighted by Gasteiger charge is -2.03. The van der Waals surface area contributed by atoms with Crippen LogP contribution in [-0.4, -0.2) is 16.3 Å². The van der Waals surface area contributed by atoms with Crippen LogP contribution in [-0.2, 0) is 6.42 Å². The Balaban J connectivity index is 2.65. The van der Waals surface area contributed by atoms with E-state index in [0.717, 1.165) is 5.56 Å². The van der Waals surface area contributed by atoms with E-state index in [-0.39, 0.29) is 5.75 Å². The zero-order valence-electron chi connectivity index (χ0n) is 8.99. The van der Waals surface area contributed by atoms with Crippen molar-refractivity contribution in [3.63, 3.8) is 0 Å². The normalized spacial score (nSPS) is 20.5. The van der Waals surface area contributed by atoms with Gasteiger partial charge in [-0.2, -0.15) is 0 Å². The molecule has 66 valence electrons. The van der Waals surface area contributed by atoms with Crippen molar-refractivity contribution >= 4 is 0 Å². The number of hydrogen-bond donors (Lipinski definition) is 2. The topological polar surface area (TPSA) is 40.5 Å². The molecule has 1 rings (SSSR count). The molecule has 1 aromatic rings. The number of phenolic OH excluding ortho intramolecular Hbond substituents is 1. The molecule has 0 bridgehead atoms. The summed E-state index contributed by atoms with van der Waals surface area (Å²) in [6.07, 6.45) is -2.32. The average Bonchev–Trinajstić information content (AvgIpc) is 2.07. The van der Waals surface area contributed by atoms with Crippen molar-refractivity contribution in [2.24, 2.45) is 0 Å². The molecule has 0 aliphatic rings. The van der Waals surface area contributed by atoms with Crippen LogP contribution in [0.25, 0.3) is 0 Å². The van der Waals surface area contributed by atoms with E-state index < -0.39 is 12.5 Å². The zero-order valence-corrected chi connectivity index (χ0v) is 6.99. The molecule has 12 heavy (non-hydrogen) atoms. The Morgan fingerprint density at radius 3 is 2.58 bits per heavy atom. The lowest BCUT2D eigenvalue weighted by Crippen LogP contribution is -2.00. The van der Waals surface area contributed by atoms with Gasteiger partial charge in [0, 0.05) is 1.37 Å². The van der Waals surface area contributed by atoms with Gasteiger partial charge in [0.05, 0.1) is 7.45 Å². The Kier molecular flexibility index (Phi) is 2.23. The molecule has 2 heteroatoms. The van der Waals surface area contributed by atoms with Gasteiger partial charge in [-0.1, -0.05) is 12.1 Å². The van der Waals surface area contributed by atoms with Crippen LogP contribution in [0.15, 0.2) is 24.3 Å². The third-order valence-electron chi connectivity index (χ3n) is 1.57. The van der Waals surface area contributed by atoms with Gasteiger partial charge >= 0.3 is 0 Å². The minimum atomic E-state index is -1.74. The highest BCUT2D eigenvalue weighted by Crippen LogP contribution is 2.11. The highest BCUT2D eigenvalue weighted by molar-refractivity contribution is 5.25. The fourth-order valence-corrected chi connectivity index (χ4v) is 0.898. The van der Waals surface area contributed by atoms with Crippen LogP contribution in [0.3, 0.4) is 0 Å². The highest BCUT2D eigenvalue weighted by atomic mass is 16.3. The van der Waals surface area contributed by atoms with Gasteiger partial charge in [0.1, 0.15) is 5.75 Å². The largest absolute Gasteiger partial charge is 0.508 e. The van der Waals surface area contributed by atoms with Crippen molar-refractivity contribution in [2.45, 2.75) is 25.8 Å². The second-order valence-electron chi connectivity index (χ2n) is 2.72. The molecule has 0 saturated carbocycles. The van der Waals surface area contributed by atoms with Crippen molar-refractivity contribution in [3.05, 3.63) is 29.8 Å². The molecule has 0 heterocycles. The van der Waals surface area contributed by atoms with E-state index in [2.05, 4.69) is 0 Å². The average molecular weight is 168 g/mol. The third-order valence-corrected chi connectivity index (χ3v) is 1.57. The summed E-state index contributed by atoms with van der Waals surface area (Å²) in [5.41, 5.74) is 0.829. The summed E-state index contributed by atoms with van der Waals surface area (Å²) in [5.74, 6) is 0.174. The van der Waals surface area contributed by atoms with Gasteiger partial charge in [-0.15, -0.1) is 0 Å². The molecule has 0 radical (unpaired) electrons. The van der Waals surface area contributed by atoms with Gasteiger partial charge in [-0.25, -0.2) is 0 Å². The first-order valence-corrected chi connectivity index (χ1v) is 3.82. The van der Waals surface area contributed by atoms with E-state index in [4.69, 9.17) is 7.85 Å². The predicted octanol–water partition coefficient (Wildman–Crippen LogP) is 1.71. The van der Waals surface area contributed by atoms with Gasteiger partial charge in [0.2, 0.25) is 0 Å². The number of rotatable bonds is 3. The molecular weight excluding hydrogens is 152 g/mol. The van der Waals surface area contributed by atoms with Crippen molar-refractivity contribution in [1.29, 1.82) is 0 Å². The minimum Gasteiger partial charge on any atom is -0.508 e. The fourth-order valence-electron chi connectivity index (χ4n) is 0.898. The van der Waals surface area contributed by atoms with Gasteiger partial charge in [-0.05, 0) is 37.4 Å². The number of aryl methyl sites for hydroxylation is 1. The maximum atomic E-state index is 9.23. The second-order valence-corrected chi connectivity index (χ2v) is 2.72. The van der Waals surface area contributed by atoms with E-state index in [0.29, 0.717) is 6.42 Å². The number of phenols is 1. The predicted molar refractivity (Wildman–Crippen MR) is 48.1 cm³/mol. The lowest BCUT2D eigenvalue weighted by atomic mass is 10.1. The molecule has 0 amide bonds. The third kappa shape index (κ3) is 2.93. The van der Waals surface area contributed by atoms with Crippen LogP contribution in [0.5, 0.6) is 5.75 Å². The van der Waals surface area contributed by atoms with E-state index in [1.165, 1.54) is 19.1 Å². The summed E-state index contributed by atoms with van der Waals surface area (Å²) in [4.78, 5) is 0. The molecule has 1 aromatic carbocycles. The molecule has 0 spiro atoms. The first-order chi connectivity index (χ1) is 6.39. The molecule has 2 nitrogen and oxygen atoms in total. The van der Waals surface area contributed by atoms with Crippen molar-refractivity contribution in [2.75, 3.05) is 0 Å². The smallest absolute Gasteiger partial charge is 0.115 e. The quantitative estimate of drug-likeness (QED) is 0.721. The molecular formula is C10H14O2.